The molecule has 2 heteroatoms. The number of hydrogen-bond acceptors (Lipinski definition) is 2. The van der Waals surface area contributed by atoms with Crippen molar-refractivity contribution in [1.82, 2.24) is 4.98 Å². The van der Waals surface area contributed by atoms with Crippen LogP contribution in [-0.4, -0.2) is 4.98 Å². The molecule has 6 aromatic rings. The summed E-state index contributed by atoms with van der Waals surface area (Å²) in [5.74, 6) is 0.917. The Morgan fingerprint density at radius 2 is 1.37 bits per heavy atom. The van der Waals surface area contributed by atoms with E-state index >= 15 is 0 Å². The number of pyridine rings is 1. The Morgan fingerprint density at radius 1 is 0.686 bits per heavy atom. The summed E-state index contributed by atoms with van der Waals surface area (Å²) in [5.41, 5.74) is 6.26. The van der Waals surface area contributed by atoms with Crippen LogP contribution in [0.5, 0.6) is 0 Å². The van der Waals surface area contributed by atoms with Crippen molar-refractivity contribution in [2.24, 2.45) is 0 Å². The van der Waals surface area contributed by atoms with Crippen LogP contribution >= 0.6 is 0 Å². The normalized spacial score (nSPS) is 12.1. The summed E-state index contributed by atoms with van der Waals surface area (Å²) in [4.78, 5) is 7.05. The third kappa shape index (κ3) is 3.52. The molecule has 1 heterocycles. The van der Waals surface area contributed by atoms with Gasteiger partial charge in [-0.25, -0.2) is 4.98 Å². The van der Waals surface area contributed by atoms with Gasteiger partial charge in [-0.2, -0.15) is 0 Å². The second-order valence-electron chi connectivity index (χ2n) is 10.7. The Kier molecular flexibility index (Phi) is 4.82. The van der Waals surface area contributed by atoms with Crippen LogP contribution in [0.4, 0.5) is 17.2 Å². The summed E-state index contributed by atoms with van der Waals surface area (Å²) in [5, 5.41) is 7.86. The number of nitrogens with zero attached hydrogens (tertiary/aromatic N) is 2. The van der Waals surface area contributed by atoms with Gasteiger partial charge in [-0.3, -0.25) is 4.90 Å². The average molecular weight is 455 g/mol. The zero-order valence-electron chi connectivity index (χ0n) is 21.1. The monoisotopic (exact) mass is 454 g/mol. The van der Waals surface area contributed by atoms with E-state index in [1.807, 2.05) is 12.3 Å². The predicted molar refractivity (Wildman–Crippen MR) is 151 cm³/mol. The standard InChI is InChI=1S/C33H30N2/c1-21-9-13-26(14-10-21)35(30-8-6-7-17-34-30)29-18-22(2)27-15-11-23-19-25(33(3,4)5)20-24-12-16-28(29)32(27)31(23)24/h6-20H,1-5H3. The molecule has 0 amide bonds. The van der Waals surface area contributed by atoms with Gasteiger partial charge in [0.05, 0.1) is 5.69 Å². The van der Waals surface area contributed by atoms with Crippen LogP contribution in [0.2, 0.25) is 0 Å². The van der Waals surface area contributed by atoms with Gasteiger partial charge in [-0.15, -0.1) is 0 Å². The molecule has 0 fully saturated rings. The number of hydrogen-bond donors (Lipinski definition) is 0. The molecule has 0 bridgehead atoms. The first-order chi connectivity index (χ1) is 16.8. The van der Waals surface area contributed by atoms with E-state index in [1.165, 1.54) is 49.0 Å². The Morgan fingerprint density at radius 3 is 2.00 bits per heavy atom. The fourth-order valence-electron chi connectivity index (χ4n) is 5.26. The maximum absolute atomic E-state index is 4.76. The van der Waals surface area contributed by atoms with Crippen molar-refractivity contribution in [3.63, 3.8) is 0 Å². The van der Waals surface area contributed by atoms with Gasteiger partial charge >= 0.3 is 0 Å². The summed E-state index contributed by atoms with van der Waals surface area (Å²) in [6.07, 6.45) is 1.87. The number of rotatable bonds is 3. The average Bonchev–Trinajstić information content (AvgIpc) is 2.85. The van der Waals surface area contributed by atoms with Crippen LogP contribution in [0.25, 0.3) is 32.3 Å². The molecule has 1 aromatic heterocycles. The smallest absolute Gasteiger partial charge is 0.137 e. The molecule has 6 rings (SSSR count). The molecule has 0 radical (unpaired) electrons. The van der Waals surface area contributed by atoms with Gasteiger partial charge in [-0.05, 0) is 87.7 Å². The Bertz CT molecular complexity index is 1650. The van der Waals surface area contributed by atoms with E-state index in [4.69, 9.17) is 4.98 Å². The molecule has 5 aromatic carbocycles. The lowest BCUT2D eigenvalue weighted by molar-refractivity contribution is 0.591. The number of benzene rings is 5. The fourth-order valence-corrected chi connectivity index (χ4v) is 5.26. The minimum atomic E-state index is 0.104. The van der Waals surface area contributed by atoms with Crippen molar-refractivity contribution >= 4 is 49.5 Å². The first-order valence-corrected chi connectivity index (χ1v) is 12.3. The van der Waals surface area contributed by atoms with Crippen molar-refractivity contribution in [1.29, 1.82) is 0 Å². The molecule has 0 atom stereocenters. The van der Waals surface area contributed by atoms with Crippen LogP contribution < -0.4 is 4.90 Å². The van der Waals surface area contributed by atoms with Crippen molar-refractivity contribution in [2.45, 2.75) is 40.0 Å². The third-order valence-corrected chi connectivity index (χ3v) is 7.18. The first kappa shape index (κ1) is 21.6. The zero-order valence-corrected chi connectivity index (χ0v) is 21.1. The van der Waals surface area contributed by atoms with Gasteiger partial charge < -0.3 is 0 Å². The van der Waals surface area contributed by atoms with Gasteiger partial charge in [0.2, 0.25) is 0 Å². The number of aromatic nitrogens is 1. The Hall–Kier alpha value is -3.91. The van der Waals surface area contributed by atoms with E-state index in [-0.39, 0.29) is 5.41 Å². The van der Waals surface area contributed by atoms with Gasteiger partial charge in [0.1, 0.15) is 5.82 Å². The van der Waals surface area contributed by atoms with E-state index in [2.05, 4.69) is 118 Å². The molecular formula is C33H30N2. The minimum Gasteiger partial charge on any atom is -0.294 e. The summed E-state index contributed by atoms with van der Waals surface area (Å²) in [6, 6.07) is 31.1. The van der Waals surface area contributed by atoms with E-state index in [0.29, 0.717) is 0 Å². The van der Waals surface area contributed by atoms with Gasteiger partial charge in [0, 0.05) is 17.3 Å². The minimum absolute atomic E-state index is 0.104. The van der Waals surface area contributed by atoms with Crippen molar-refractivity contribution in [3.05, 3.63) is 108 Å². The molecule has 0 saturated carbocycles. The van der Waals surface area contributed by atoms with Gasteiger partial charge in [-0.1, -0.05) is 80.9 Å². The predicted octanol–water partition coefficient (Wildman–Crippen LogP) is 9.36. The molecule has 35 heavy (non-hydrogen) atoms. The highest BCUT2D eigenvalue weighted by molar-refractivity contribution is 6.26. The third-order valence-electron chi connectivity index (χ3n) is 7.18. The molecule has 0 aliphatic heterocycles. The van der Waals surface area contributed by atoms with E-state index in [0.717, 1.165) is 17.2 Å². The second kappa shape index (κ2) is 7.81. The fraction of sp³-hybridized carbons (Fsp3) is 0.182. The molecule has 0 spiro atoms. The van der Waals surface area contributed by atoms with E-state index in [1.54, 1.807) is 0 Å². The second-order valence-corrected chi connectivity index (χ2v) is 10.7. The molecule has 0 N–H and O–H groups in total. The summed E-state index contributed by atoms with van der Waals surface area (Å²) < 4.78 is 0. The van der Waals surface area contributed by atoms with Gasteiger partial charge in [0.25, 0.3) is 0 Å². The zero-order chi connectivity index (χ0) is 24.3. The van der Waals surface area contributed by atoms with Crippen LogP contribution in [0, 0.1) is 13.8 Å². The van der Waals surface area contributed by atoms with Crippen LogP contribution in [-0.2, 0) is 5.41 Å². The summed E-state index contributed by atoms with van der Waals surface area (Å²) in [6.45, 7) is 11.2. The maximum atomic E-state index is 4.76. The van der Waals surface area contributed by atoms with Gasteiger partial charge in [0.15, 0.2) is 0 Å². The molecule has 172 valence electrons. The largest absolute Gasteiger partial charge is 0.294 e. The van der Waals surface area contributed by atoms with Crippen LogP contribution in [0.3, 0.4) is 0 Å². The lowest BCUT2D eigenvalue weighted by Crippen LogP contribution is -2.12. The van der Waals surface area contributed by atoms with Crippen LogP contribution in [0.15, 0.2) is 91.1 Å². The van der Waals surface area contributed by atoms with Crippen molar-refractivity contribution in [3.8, 4) is 0 Å². The number of aryl methyl sites for hydroxylation is 2. The topological polar surface area (TPSA) is 16.1 Å². The molecule has 0 aliphatic carbocycles. The quantitative estimate of drug-likeness (QED) is 0.248. The Labute approximate surface area is 207 Å². The molecular weight excluding hydrogens is 424 g/mol. The van der Waals surface area contributed by atoms with E-state index in [9.17, 15) is 0 Å². The molecule has 0 saturated heterocycles. The highest BCUT2D eigenvalue weighted by Gasteiger charge is 2.22. The van der Waals surface area contributed by atoms with E-state index < -0.39 is 0 Å². The lowest BCUT2D eigenvalue weighted by atomic mass is 9.83. The molecule has 0 unspecified atom stereocenters. The SMILES string of the molecule is Cc1ccc(N(c2ccccn2)c2cc(C)c3ccc4cc(C(C)(C)C)cc5ccc2c3c45)cc1. The Balaban J connectivity index is 1.71. The van der Waals surface area contributed by atoms with Crippen molar-refractivity contribution in [2.75, 3.05) is 4.90 Å². The number of anilines is 3. The molecule has 0 aliphatic rings. The van der Waals surface area contributed by atoms with Crippen molar-refractivity contribution < 1.29 is 0 Å². The molecule has 2 nitrogen and oxygen atoms in total. The summed E-state index contributed by atoms with van der Waals surface area (Å²) in [7, 11) is 0. The van der Waals surface area contributed by atoms with Crippen LogP contribution in [0.1, 0.15) is 37.5 Å². The maximum Gasteiger partial charge on any atom is 0.137 e. The highest BCUT2D eigenvalue weighted by atomic mass is 15.2. The highest BCUT2D eigenvalue weighted by Crippen LogP contribution is 2.45. The first-order valence-electron chi connectivity index (χ1n) is 12.3. The lowest BCUT2D eigenvalue weighted by Gasteiger charge is -2.28. The summed E-state index contributed by atoms with van der Waals surface area (Å²) >= 11 is 0.